The van der Waals surface area contributed by atoms with E-state index in [1.165, 1.54) is 6.07 Å². The van der Waals surface area contributed by atoms with Crippen LogP contribution in [-0.4, -0.2) is 32.6 Å². The number of carboxylic acids is 1. The second-order valence-corrected chi connectivity index (χ2v) is 7.73. The fourth-order valence-corrected chi connectivity index (χ4v) is 4.00. The maximum absolute atomic E-state index is 12.7. The van der Waals surface area contributed by atoms with Gasteiger partial charge in [-0.25, -0.2) is 13.1 Å². The molecule has 2 N–H and O–H groups in total. The van der Waals surface area contributed by atoms with Crippen LogP contribution in [0.1, 0.15) is 24.0 Å². The summed E-state index contributed by atoms with van der Waals surface area (Å²) in [5.74, 6) is -0.954. The average Bonchev–Trinajstić information content (AvgIpc) is 2.61. The van der Waals surface area contributed by atoms with E-state index in [2.05, 4.69) is 4.72 Å². The van der Waals surface area contributed by atoms with Crippen molar-refractivity contribution in [2.24, 2.45) is 0 Å². The van der Waals surface area contributed by atoms with E-state index < -0.39 is 22.0 Å². The fraction of sp³-hybridized carbons (Fsp3) is 0.316. The van der Waals surface area contributed by atoms with Gasteiger partial charge in [-0.3, -0.25) is 4.79 Å². The van der Waals surface area contributed by atoms with Gasteiger partial charge in [-0.05, 0) is 36.1 Å². The Morgan fingerprint density at radius 1 is 1.12 bits per heavy atom. The molecule has 26 heavy (non-hydrogen) atoms. The highest BCUT2D eigenvalue weighted by atomic mass is 32.2. The van der Waals surface area contributed by atoms with Crippen LogP contribution >= 0.6 is 0 Å². The normalized spacial score (nSPS) is 12.7. The van der Waals surface area contributed by atoms with Gasteiger partial charge in [0.1, 0.15) is 0 Å². The highest BCUT2D eigenvalue weighted by Gasteiger charge is 2.21. The molecule has 2 aromatic carbocycles. The Balaban J connectivity index is 2.19. The maximum Gasteiger partial charge on any atom is 0.303 e. The molecule has 0 saturated heterocycles. The topological polar surface area (TPSA) is 92.7 Å². The van der Waals surface area contributed by atoms with E-state index in [4.69, 9.17) is 9.84 Å². The van der Waals surface area contributed by atoms with Gasteiger partial charge in [0.2, 0.25) is 10.0 Å². The van der Waals surface area contributed by atoms with E-state index in [-0.39, 0.29) is 17.7 Å². The average molecular weight is 377 g/mol. The van der Waals surface area contributed by atoms with Gasteiger partial charge in [0.05, 0.1) is 11.5 Å². The molecule has 0 bridgehead atoms. The number of nitrogens with one attached hydrogen (secondary N) is 1. The van der Waals surface area contributed by atoms with Gasteiger partial charge in [-0.2, -0.15) is 0 Å². The van der Waals surface area contributed by atoms with Crippen molar-refractivity contribution >= 4 is 16.0 Å². The van der Waals surface area contributed by atoms with Crippen molar-refractivity contribution in [2.75, 3.05) is 7.11 Å². The summed E-state index contributed by atoms with van der Waals surface area (Å²) in [6.45, 7) is 0.315. The molecule has 0 radical (unpaired) electrons. The third-order valence-electron chi connectivity index (χ3n) is 3.87. The van der Waals surface area contributed by atoms with Crippen molar-refractivity contribution in [3.05, 3.63) is 65.7 Å². The van der Waals surface area contributed by atoms with Gasteiger partial charge < -0.3 is 9.84 Å². The second-order valence-electron chi connectivity index (χ2n) is 6.02. The summed E-state index contributed by atoms with van der Waals surface area (Å²) >= 11 is 0. The number of rotatable bonds is 10. The minimum atomic E-state index is -3.77. The van der Waals surface area contributed by atoms with Gasteiger partial charge in [-0.1, -0.05) is 42.5 Å². The Bertz CT molecular complexity index is 821. The Morgan fingerprint density at radius 2 is 1.81 bits per heavy atom. The summed E-state index contributed by atoms with van der Waals surface area (Å²) in [4.78, 5) is 11.1. The van der Waals surface area contributed by atoms with E-state index in [0.29, 0.717) is 13.0 Å². The molecule has 0 amide bonds. The molecule has 1 atom stereocenters. The second kappa shape index (κ2) is 9.47. The molecule has 2 aromatic rings. The molecule has 0 aliphatic rings. The van der Waals surface area contributed by atoms with E-state index in [9.17, 15) is 13.2 Å². The summed E-state index contributed by atoms with van der Waals surface area (Å²) < 4.78 is 33.2. The van der Waals surface area contributed by atoms with E-state index >= 15 is 0 Å². The number of hydrogen-bond donors (Lipinski definition) is 2. The summed E-state index contributed by atoms with van der Waals surface area (Å²) in [7, 11) is -2.22. The third-order valence-corrected chi connectivity index (χ3v) is 5.39. The molecule has 2 rings (SSSR count). The molecular formula is C19H23NO5S. The molecule has 0 saturated carbocycles. The standard InChI is InChI=1S/C19H23NO5S/c1-25-14-16-8-5-9-18(13-16)26(23,24)20-17(10-11-19(21)22)12-15-6-3-2-4-7-15/h2-9,13,17,20H,10-12,14H2,1H3,(H,21,22). The van der Waals surface area contributed by atoms with E-state index in [1.807, 2.05) is 30.3 Å². The summed E-state index contributed by atoms with van der Waals surface area (Å²) in [6.07, 6.45) is 0.524. The maximum atomic E-state index is 12.7. The van der Waals surface area contributed by atoms with Crippen LogP contribution in [0.2, 0.25) is 0 Å². The first kappa shape index (κ1) is 20.1. The van der Waals surface area contributed by atoms with Crippen LogP contribution in [0.15, 0.2) is 59.5 Å². The number of carbonyl (C=O) groups is 1. The van der Waals surface area contributed by atoms with Gasteiger partial charge in [0, 0.05) is 19.6 Å². The van der Waals surface area contributed by atoms with Crippen LogP contribution in [-0.2, 0) is 32.6 Å². The third kappa shape index (κ3) is 6.25. The molecule has 0 aliphatic carbocycles. The molecule has 0 spiro atoms. The lowest BCUT2D eigenvalue weighted by Gasteiger charge is -2.18. The molecule has 0 aromatic heterocycles. The number of methoxy groups -OCH3 is 1. The number of sulfonamides is 1. The molecule has 7 heteroatoms. The van der Waals surface area contributed by atoms with Crippen molar-refractivity contribution in [1.82, 2.24) is 4.72 Å². The zero-order chi connectivity index (χ0) is 19.0. The molecule has 6 nitrogen and oxygen atoms in total. The Kier molecular flexibility index (Phi) is 7.32. The van der Waals surface area contributed by atoms with Crippen molar-refractivity contribution in [1.29, 1.82) is 0 Å². The van der Waals surface area contributed by atoms with Crippen LogP contribution in [0.25, 0.3) is 0 Å². The molecule has 1 unspecified atom stereocenters. The summed E-state index contributed by atoms with van der Waals surface area (Å²) in [5, 5.41) is 8.95. The molecule has 0 fully saturated rings. The number of ether oxygens (including phenoxy) is 1. The van der Waals surface area contributed by atoms with Crippen LogP contribution in [0, 0.1) is 0 Å². The van der Waals surface area contributed by atoms with Crippen LogP contribution < -0.4 is 4.72 Å². The van der Waals surface area contributed by atoms with E-state index in [1.54, 1.807) is 25.3 Å². The fourth-order valence-electron chi connectivity index (χ4n) is 2.66. The monoisotopic (exact) mass is 377 g/mol. The summed E-state index contributed by atoms with van der Waals surface area (Å²) in [5.41, 5.74) is 1.69. The van der Waals surface area contributed by atoms with Gasteiger partial charge in [0.15, 0.2) is 0 Å². The van der Waals surface area contributed by atoms with Crippen molar-refractivity contribution in [3.8, 4) is 0 Å². The van der Waals surface area contributed by atoms with Crippen molar-refractivity contribution in [2.45, 2.75) is 36.8 Å². The van der Waals surface area contributed by atoms with Gasteiger partial charge in [-0.15, -0.1) is 0 Å². The lowest BCUT2D eigenvalue weighted by Crippen LogP contribution is -2.37. The predicted octanol–water partition coefficient (Wildman–Crippen LogP) is 2.59. The van der Waals surface area contributed by atoms with Crippen molar-refractivity contribution < 1.29 is 23.1 Å². The quantitative estimate of drug-likeness (QED) is 0.664. The van der Waals surface area contributed by atoms with Crippen LogP contribution in [0.3, 0.4) is 0 Å². The highest BCUT2D eigenvalue weighted by Crippen LogP contribution is 2.15. The highest BCUT2D eigenvalue weighted by molar-refractivity contribution is 7.89. The number of hydrogen-bond acceptors (Lipinski definition) is 4. The number of aliphatic carboxylic acids is 1. The van der Waals surface area contributed by atoms with Crippen LogP contribution in [0.5, 0.6) is 0 Å². The first-order valence-electron chi connectivity index (χ1n) is 8.26. The minimum Gasteiger partial charge on any atom is -0.481 e. The Morgan fingerprint density at radius 3 is 2.46 bits per heavy atom. The summed E-state index contributed by atoms with van der Waals surface area (Å²) in [6, 6.07) is 15.4. The van der Waals surface area contributed by atoms with Crippen LogP contribution in [0.4, 0.5) is 0 Å². The zero-order valence-electron chi connectivity index (χ0n) is 14.6. The predicted molar refractivity (Wildman–Crippen MR) is 98.3 cm³/mol. The minimum absolute atomic E-state index is 0.107. The molecule has 0 aliphatic heterocycles. The largest absolute Gasteiger partial charge is 0.481 e. The lowest BCUT2D eigenvalue weighted by atomic mass is 10.0. The number of carboxylic acid groups (broad SMARTS) is 1. The molecular weight excluding hydrogens is 354 g/mol. The van der Waals surface area contributed by atoms with E-state index in [0.717, 1.165) is 11.1 Å². The Hall–Kier alpha value is -2.22. The molecule has 140 valence electrons. The first-order valence-corrected chi connectivity index (χ1v) is 9.75. The lowest BCUT2D eigenvalue weighted by molar-refractivity contribution is -0.137. The number of benzene rings is 2. The molecule has 0 heterocycles. The SMILES string of the molecule is COCc1cccc(S(=O)(=O)NC(CCC(=O)O)Cc2ccccc2)c1. The van der Waals surface area contributed by atoms with Gasteiger partial charge in [0.25, 0.3) is 0 Å². The van der Waals surface area contributed by atoms with Crippen molar-refractivity contribution in [3.63, 3.8) is 0 Å². The zero-order valence-corrected chi connectivity index (χ0v) is 15.4. The first-order chi connectivity index (χ1) is 12.4. The Labute approximate surface area is 153 Å². The van der Waals surface area contributed by atoms with Gasteiger partial charge >= 0.3 is 5.97 Å². The smallest absolute Gasteiger partial charge is 0.303 e.